The molecule has 72 valence electrons. The van der Waals surface area contributed by atoms with Gasteiger partial charge in [0.25, 0.3) is 0 Å². The summed E-state index contributed by atoms with van der Waals surface area (Å²) in [5, 5.41) is 8.44. The van der Waals surface area contributed by atoms with E-state index in [0.717, 1.165) is 17.1 Å². The normalized spacial score (nSPS) is 10.3. The highest BCUT2D eigenvalue weighted by atomic mass is 16.4. The molecule has 1 heterocycles. The van der Waals surface area contributed by atoms with Crippen molar-refractivity contribution in [1.29, 1.82) is 0 Å². The molecule has 0 amide bonds. The SMILES string of the molecule is Cc1cc(C)c(CCCC(=O)O)o1. The second kappa shape index (κ2) is 4.12. The largest absolute Gasteiger partial charge is 0.481 e. The van der Waals surface area contributed by atoms with E-state index in [1.165, 1.54) is 0 Å². The molecule has 0 bridgehead atoms. The van der Waals surface area contributed by atoms with Gasteiger partial charge < -0.3 is 9.52 Å². The Bertz CT molecular complexity index is 299. The maximum atomic E-state index is 10.2. The summed E-state index contributed by atoms with van der Waals surface area (Å²) in [6, 6.07) is 1.97. The molecule has 13 heavy (non-hydrogen) atoms. The number of carbonyl (C=O) groups is 1. The van der Waals surface area contributed by atoms with Gasteiger partial charge in [-0.2, -0.15) is 0 Å². The molecule has 0 saturated heterocycles. The summed E-state index contributed by atoms with van der Waals surface area (Å²) >= 11 is 0. The third-order valence-electron chi connectivity index (χ3n) is 1.94. The van der Waals surface area contributed by atoms with E-state index in [2.05, 4.69) is 0 Å². The molecule has 0 aliphatic rings. The highest BCUT2D eigenvalue weighted by Crippen LogP contribution is 2.15. The molecule has 0 radical (unpaired) electrons. The molecule has 1 rings (SSSR count). The number of aryl methyl sites for hydroxylation is 3. The Morgan fingerprint density at radius 2 is 2.23 bits per heavy atom. The van der Waals surface area contributed by atoms with Crippen LogP contribution in [-0.2, 0) is 11.2 Å². The Kier molecular flexibility index (Phi) is 3.12. The van der Waals surface area contributed by atoms with E-state index in [-0.39, 0.29) is 6.42 Å². The quantitative estimate of drug-likeness (QED) is 0.777. The molecule has 3 nitrogen and oxygen atoms in total. The lowest BCUT2D eigenvalue weighted by atomic mass is 10.1. The van der Waals surface area contributed by atoms with Crippen LogP contribution in [0.1, 0.15) is 29.9 Å². The zero-order valence-electron chi connectivity index (χ0n) is 7.96. The Labute approximate surface area is 77.4 Å². The zero-order chi connectivity index (χ0) is 9.84. The number of aliphatic carboxylic acids is 1. The highest BCUT2D eigenvalue weighted by Gasteiger charge is 2.05. The van der Waals surface area contributed by atoms with E-state index in [0.29, 0.717) is 12.8 Å². The number of furan rings is 1. The van der Waals surface area contributed by atoms with E-state index >= 15 is 0 Å². The van der Waals surface area contributed by atoms with Crippen molar-refractivity contribution < 1.29 is 14.3 Å². The Hall–Kier alpha value is -1.25. The molecule has 0 fully saturated rings. The minimum absolute atomic E-state index is 0.208. The van der Waals surface area contributed by atoms with Crippen molar-refractivity contribution in [3.63, 3.8) is 0 Å². The van der Waals surface area contributed by atoms with Crippen LogP contribution in [0.4, 0.5) is 0 Å². The van der Waals surface area contributed by atoms with E-state index < -0.39 is 5.97 Å². The fourth-order valence-electron chi connectivity index (χ4n) is 1.34. The minimum Gasteiger partial charge on any atom is -0.481 e. The molecule has 0 unspecified atom stereocenters. The van der Waals surface area contributed by atoms with Gasteiger partial charge in [0.2, 0.25) is 0 Å². The third-order valence-corrected chi connectivity index (χ3v) is 1.94. The van der Waals surface area contributed by atoms with E-state index in [9.17, 15) is 4.79 Å². The maximum absolute atomic E-state index is 10.2. The van der Waals surface area contributed by atoms with Gasteiger partial charge in [0.1, 0.15) is 11.5 Å². The predicted molar refractivity (Wildman–Crippen MR) is 48.8 cm³/mol. The van der Waals surface area contributed by atoms with Crippen LogP contribution in [0.5, 0.6) is 0 Å². The lowest BCUT2D eigenvalue weighted by Gasteiger charge is -1.96. The Morgan fingerprint density at radius 3 is 2.69 bits per heavy atom. The average molecular weight is 182 g/mol. The molecule has 0 aromatic carbocycles. The van der Waals surface area contributed by atoms with E-state index in [4.69, 9.17) is 9.52 Å². The first-order valence-corrected chi connectivity index (χ1v) is 4.37. The summed E-state index contributed by atoms with van der Waals surface area (Å²) in [6.07, 6.45) is 1.56. The average Bonchev–Trinajstić information content (AvgIpc) is 2.29. The van der Waals surface area contributed by atoms with Crippen molar-refractivity contribution in [2.24, 2.45) is 0 Å². The summed E-state index contributed by atoms with van der Waals surface area (Å²) in [5.41, 5.74) is 1.11. The standard InChI is InChI=1S/C10H14O3/c1-7-6-8(2)13-9(7)4-3-5-10(11)12/h6H,3-5H2,1-2H3,(H,11,12). The van der Waals surface area contributed by atoms with Crippen molar-refractivity contribution in [1.82, 2.24) is 0 Å². The van der Waals surface area contributed by atoms with Crippen LogP contribution >= 0.6 is 0 Å². The summed E-state index contributed by atoms with van der Waals surface area (Å²) in [5.74, 6) is 1.06. The van der Waals surface area contributed by atoms with Gasteiger partial charge in [-0.05, 0) is 31.9 Å². The van der Waals surface area contributed by atoms with Gasteiger partial charge in [-0.15, -0.1) is 0 Å². The van der Waals surface area contributed by atoms with E-state index in [1.54, 1.807) is 0 Å². The summed E-state index contributed by atoms with van der Waals surface area (Å²) in [4.78, 5) is 10.2. The monoisotopic (exact) mass is 182 g/mol. The molecule has 0 spiro atoms. The van der Waals surface area contributed by atoms with Crippen molar-refractivity contribution in [2.75, 3.05) is 0 Å². The van der Waals surface area contributed by atoms with Gasteiger partial charge in [-0.1, -0.05) is 0 Å². The van der Waals surface area contributed by atoms with Gasteiger partial charge in [0, 0.05) is 12.8 Å². The van der Waals surface area contributed by atoms with Gasteiger partial charge in [-0.25, -0.2) is 0 Å². The van der Waals surface area contributed by atoms with Crippen LogP contribution in [0.3, 0.4) is 0 Å². The Morgan fingerprint density at radius 1 is 1.54 bits per heavy atom. The molecule has 0 aliphatic heterocycles. The van der Waals surface area contributed by atoms with Crippen LogP contribution in [0, 0.1) is 13.8 Å². The van der Waals surface area contributed by atoms with Crippen LogP contribution < -0.4 is 0 Å². The maximum Gasteiger partial charge on any atom is 0.303 e. The van der Waals surface area contributed by atoms with Gasteiger partial charge in [-0.3, -0.25) is 4.79 Å². The highest BCUT2D eigenvalue weighted by molar-refractivity contribution is 5.66. The number of rotatable bonds is 4. The lowest BCUT2D eigenvalue weighted by molar-refractivity contribution is -0.137. The number of hydrogen-bond donors (Lipinski definition) is 1. The van der Waals surface area contributed by atoms with Crippen molar-refractivity contribution in [3.8, 4) is 0 Å². The Balaban J connectivity index is 2.45. The lowest BCUT2D eigenvalue weighted by Crippen LogP contribution is -1.95. The van der Waals surface area contributed by atoms with Crippen LogP contribution in [0.25, 0.3) is 0 Å². The molecule has 1 aromatic rings. The van der Waals surface area contributed by atoms with Gasteiger partial charge in [0.05, 0.1) is 0 Å². The van der Waals surface area contributed by atoms with E-state index in [1.807, 2.05) is 19.9 Å². The molecule has 1 N–H and O–H groups in total. The fraction of sp³-hybridized carbons (Fsp3) is 0.500. The van der Waals surface area contributed by atoms with Crippen molar-refractivity contribution >= 4 is 5.97 Å². The molecule has 1 aromatic heterocycles. The van der Waals surface area contributed by atoms with Crippen LogP contribution in [0.15, 0.2) is 10.5 Å². The molecular weight excluding hydrogens is 168 g/mol. The molecule has 0 atom stereocenters. The second-order valence-corrected chi connectivity index (χ2v) is 3.21. The topological polar surface area (TPSA) is 50.4 Å². The van der Waals surface area contributed by atoms with Gasteiger partial charge in [0.15, 0.2) is 0 Å². The summed E-state index contributed by atoms with van der Waals surface area (Å²) in [7, 11) is 0. The minimum atomic E-state index is -0.749. The molecular formula is C10H14O3. The van der Waals surface area contributed by atoms with Gasteiger partial charge >= 0.3 is 5.97 Å². The smallest absolute Gasteiger partial charge is 0.303 e. The second-order valence-electron chi connectivity index (χ2n) is 3.21. The van der Waals surface area contributed by atoms with Crippen LogP contribution in [-0.4, -0.2) is 11.1 Å². The van der Waals surface area contributed by atoms with Crippen molar-refractivity contribution in [2.45, 2.75) is 33.1 Å². The zero-order valence-corrected chi connectivity index (χ0v) is 7.96. The first-order chi connectivity index (χ1) is 6.09. The summed E-state index contributed by atoms with van der Waals surface area (Å²) < 4.78 is 5.40. The number of carboxylic acids is 1. The van der Waals surface area contributed by atoms with Crippen LogP contribution in [0.2, 0.25) is 0 Å². The third kappa shape index (κ3) is 2.93. The first kappa shape index (κ1) is 9.84. The molecule has 0 saturated carbocycles. The predicted octanol–water partition coefficient (Wildman–Crippen LogP) is 2.30. The molecule has 0 aliphatic carbocycles. The number of carboxylic acid groups (broad SMARTS) is 1. The first-order valence-electron chi connectivity index (χ1n) is 4.37. The molecule has 3 heteroatoms. The van der Waals surface area contributed by atoms with Crippen molar-refractivity contribution in [3.05, 3.63) is 23.2 Å². The fourth-order valence-corrected chi connectivity index (χ4v) is 1.34. The number of hydrogen-bond acceptors (Lipinski definition) is 2. The summed E-state index contributed by atoms with van der Waals surface area (Å²) in [6.45, 7) is 3.88.